The molecule has 1 unspecified atom stereocenters. The minimum atomic E-state index is -4.31. The number of hydrogen-bond donors (Lipinski definition) is 1. The predicted molar refractivity (Wildman–Crippen MR) is 80.7 cm³/mol. The lowest BCUT2D eigenvalue weighted by molar-refractivity contribution is -0.137. The van der Waals surface area contributed by atoms with Gasteiger partial charge in [0.05, 0.1) is 11.6 Å². The number of aryl methyl sites for hydroxylation is 1. The summed E-state index contributed by atoms with van der Waals surface area (Å²) in [6, 6.07) is 7.43. The highest BCUT2D eigenvalue weighted by atomic mass is 32.1. The maximum absolute atomic E-state index is 12.9. The molecule has 0 aliphatic carbocycles. The third-order valence-electron chi connectivity index (χ3n) is 3.38. The second-order valence-corrected chi connectivity index (χ2v) is 5.73. The van der Waals surface area contributed by atoms with E-state index in [2.05, 4.69) is 12.2 Å². The molecule has 1 heterocycles. The first-order chi connectivity index (χ1) is 9.97. The van der Waals surface area contributed by atoms with E-state index in [1.54, 1.807) is 17.4 Å². The quantitative estimate of drug-likeness (QED) is 0.816. The zero-order valence-electron chi connectivity index (χ0n) is 12.0. The highest BCUT2D eigenvalue weighted by Gasteiger charge is 2.31. The second kappa shape index (κ2) is 6.62. The fraction of sp³-hybridized carbons (Fsp3) is 0.375. The van der Waals surface area contributed by atoms with Crippen LogP contribution in [-0.2, 0) is 12.6 Å². The van der Waals surface area contributed by atoms with Gasteiger partial charge < -0.3 is 5.32 Å². The minimum absolute atomic E-state index is 0.188. The van der Waals surface area contributed by atoms with Crippen LogP contribution in [0, 0.1) is 0 Å². The van der Waals surface area contributed by atoms with Gasteiger partial charge in [0, 0.05) is 4.88 Å². The lowest BCUT2D eigenvalue weighted by Gasteiger charge is -2.20. The lowest BCUT2D eigenvalue weighted by Crippen LogP contribution is -2.22. The molecule has 0 saturated heterocycles. The topological polar surface area (TPSA) is 12.0 Å². The first-order valence-corrected chi connectivity index (χ1v) is 7.82. The molecule has 0 amide bonds. The van der Waals surface area contributed by atoms with Crippen LogP contribution in [0.2, 0.25) is 0 Å². The number of rotatable bonds is 5. The van der Waals surface area contributed by atoms with E-state index in [-0.39, 0.29) is 6.04 Å². The largest absolute Gasteiger partial charge is 0.416 e. The molecule has 0 radical (unpaired) electrons. The first kappa shape index (κ1) is 16.0. The molecule has 0 saturated carbocycles. The van der Waals surface area contributed by atoms with Crippen molar-refractivity contribution in [2.75, 3.05) is 6.54 Å². The molecule has 2 rings (SSSR count). The Morgan fingerprint density at radius 2 is 1.95 bits per heavy atom. The summed E-state index contributed by atoms with van der Waals surface area (Å²) >= 11 is 1.59. The third kappa shape index (κ3) is 3.66. The van der Waals surface area contributed by atoms with Crippen molar-refractivity contribution < 1.29 is 13.2 Å². The number of nitrogens with one attached hydrogen (secondary N) is 1. The average molecular weight is 313 g/mol. The Bertz CT molecular complexity index is 589. The van der Waals surface area contributed by atoms with Gasteiger partial charge in [0.25, 0.3) is 0 Å². The van der Waals surface area contributed by atoms with Crippen molar-refractivity contribution in [1.82, 2.24) is 5.32 Å². The summed E-state index contributed by atoms with van der Waals surface area (Å²) in [4.78, 5) is 1.10. The van der Waals surface area contributed by atoms with E-state index < -0.39 is 11.7 Å². The molecule has 1 atom stereocenters. The van der Waals surface area contributed by atoms with E-state index in [1.807, 2.05) is 18.4 Å². The summed E-state index contributed by atoms with van der Waals surface area (Å²) in [5.41, 5.74) is 1.24. The van der Waals surface area contributed by atoms with Crippen LogP contribution in [0.15, 0.2) is 35.7 Å². The molecule has 0 bridgehead atoms. The maximum atomic E-state index is 12.9. The van der Waals surface area contributed by atoms with Crippen molar-refractivity contribution in [3.05, 3.63) is 57.3 Å². The smallest absolute Gasteiger partial charge is 0.306 e. The van der Waals surface area contributed by atoms with E-state index in [4.69, 9.17) is 0 Å². The van der Waals surface area contributed by atoms with Crippen molar-refractivity contribution in [3.8, 4) is 0 Å². The number of thiophene rings is 1. The number of halogens is 3. The molecule has 114 valence electrons. The molecule has 1 N–H and O–H groups in total. The highest BCUT2D eigenvalue weighted by molar-refractivity contribution is 7.10. The van der Waals surface area contributed by atoms with Crippen LogP contribution in [-0.4, -0.2) is 6.54 Å². The molecule has 1 nitrogen and oxygen atoms in total. The van der Waals surface area contributed by atoms with E-state index in [0.717, 1.165) is 17.4 Å². The van der Waals surface area contributed by atoms with Gasteiger partial charge >= 0.3 is 6.18 Å². The zero-order valence-corrected chi connectivity index (χ0v) is 12.8. The summed E-state index contributed by atoms with van der Waals surface area (Å²) in [5.74, 6) is 0. The molecule has 5 heteroatoms. The lowest BCUT2D eigenvalue weighted by atomic mass is 9.99. The van der Waals surface area contributed by atoms with E-state index >= 15 is 0 Å². The van der Waals surface area contributed by atoms with Crippen molar-refractivity contribution in [3.63, 3.8) is 0 Å². The van der Waals surface area contributed by atoms with Gasteiger partial charge in [-0.2, -0.15) is 13.2 Å². The van der Waals surface area contributed by atoms with Gasteiger partial charge in [-0.05, 0) is 47.7 Å². The Hall–Kier alpha value is -1.33. The summed E-state index contributed by atoms with van der Waals surface area (Å²) in [6.45, 7) is 4.71. The summed E-state index contributed by atoms with van der Waals surface area (Å²) in [5, 5.41) is 5.29. The summed E-state index contributed by atoms with van der Waals surface area (Å²) in [7, 11) is 0. The Labute approximate surface area is 126 Å². The van der Waals surface area contributed by atoms with E-state index in [1.165, 1.54) is 17.7 Å². The van der Waals surface area contributed by atoms with Gasteiger partial charge in [-0.3, -0.25) is 0 Å². The molecule has 0 aliphatic heterocycles. The van der Waals surface area contributed by atoms with E-state index in [0.29, 0.717) is 12.1 Å². The molecular formula is C16H18F3NS. The fourth-order valence-corrected chi connectivity index (χ4v) is 3.45. The molecule has 0 aliphatic rings. The van der Waals surface area contributed by atoms with Crippen LogP contribution in [0.3, 0.4) is 0 Å². The van der Waals surface area contributed by atoms with Gasteiger partial charge in [-0.15, -0.1) is 11.3 Å². The number of alkyl halides is 3. The molecule has 2 aromatic rings. The van der Waals surface area contributed by atoms with Crippen LogP contribution in [0.4, 0.5) is 13.2 Å². The Morgan fingerprint density at radius 3 is 2.57 bits per heavy atom. The molecule has 1 aromatic carbocycles. The Morgan fingerprint density at radius 1 is 1.19 bits per heavy atom. The van der Waals surface area contributed by atoms with Gasteiger partial charge in [-0.1, -0.05) is 26.0 Å². The summed E-state index contributed by atoms with van der Waals surface area (Å²) < 4.78 is 38.7. The van der Waals surface area contributed by atoms with Crippen molar-refractivity contribution in [2.45, 2.75) is 32.5 Å². The maximum Gasteiger partial charge on any atom is 0.416 e. The molecule has 0 fully saturated rings. The first-order valence-electron chi connectivity index (χ1n) is 6.94. The molecular weight excluding hydrogens is 295 g/mol. The van der Waals surface area contributed by atoms with Crippen molar-refractivity contribution >= 4 is 11.3 Å². The average Bonchev–Trinajstić information content (AvgIpc) is 2.92. The van der Waals surface area contributed by atoms with Gasteiger partial charge in [0.1, 0.15) is 0 Å². The standard InChI is InChI=1S/C16H18F3NS/c1-3-11-8-9-21-15(11)14(20-4-2)12-6-5-7-13(10-12)16(17,18)19/h5-10,14,20H,3-4H2,1-2H3. The number of benzene rings is 1. The Balaban J connectivity index is 2.44. The van der Waals surface area contributed by atoms with Gasteiger partial charge in [0.15, 0.2) is 0 Å². The van der Waals surface area contributed by atoms with Crippen LogP contribution >= 0.6 is 11.3 Å². The monoisotopic (exact) mass is 313 g/mol. The van der Waals surface area contributed by atoms with Gasteiger partial charge in [-0.25, -0.2) is 0 Å². The van der Waals surface area contributed by atoms with Gasteiger partial charge in [0.2, 0.25) is 0 Å². The SMILES string of the molecule is CCNC(c1cccc(C(F)(F)F)c1)c1sccc1CC. The van der Waals surface area contributed by atoms with Crippen LogP contribution in [0.5, 0.6) is 0 Å². The second-order valence-electron chi connectivity index (χ2n) is 4.78. The highest BCUT2D eigenvalue weighted by Crippen LogP contribution is 2.34. The fourth-order valence-electron chi connectivity index (χ4n) is 2.35. The number of hydrogen-bond acceptors (Lipinski definition) is 2. The molecule has 1 aromatic heterocycles. The predicted octanol–water partition coefficient (Wildman–Crippen LogP) is 5.03. The third-order valence-corrected chi connectivity index (χ3v) is 4.40. The van der Waals surface area contributed by atoms with Crippen LogP contribution < -0.4 is 5.32 Å². The Kier molecular flexibility index (Phi) is 5.06. The normalized spacial score (nSPS) is 13.4. The van der Waals surface area contributed by atoms with Crippen molar-refractivity contribution in [1.29, 1.82) is 0 Å². The van der Waals surface area contributed by atoms with Crippen molar-refractivity contribution in [2.24, 2.45) is 0 Å². The summed E-state index contributed by atoms with van der Waals surface area (Å²) in [6.07, 6.45) is -3.44. The van der Waals surface area contributed by atoms with E-state index in [9.17, 15) is 13.2 Å². The molecule has 0 spiro atoms. The van der Waals surface area contributed by atoms with Crippen LogP contribution in [0.25, 0.3) is 0 Å². The minimum Gasteiger partial charge on any atom is -0.306 e. The molecule has 21 heavy (non-hydrogen) atoms. The van der Waals surface area contributed by atoms with Crippen LogP contribution in [0.1, 0.15) is 41.5 Å². The zero-order chi connectivity index (χ0) is 15.5.